The summed E-state index contributed by atoms with van der Waals surface area (Å²) in [4.78, 5) is 11.2. The Kier molecular flexibility index (Phi) is 4.59. The summed E-state index contributed by atoms with van der Waals surface area (Å²) >= 11 is 5.66. The summed E-state index contributed by atoms with van der Waals surface area (Å²) in [6, 6.07) is 5.93. The third-order valence-electron chi connectivity index (χ3n) is 2.57. The van der Waals surface area contributed by atoms with Crippen molar-refractivity contribution < 1.29 is 17.9 Å². The van der Waals surface area contributed by atoms with Gasteiger partial charge in [0.15, 0.2) is 5.78 Å². The van der Waals surface area contributed by atoms with Gasteiger partial charge in [0.2, 0.25) is 0 Å². The van der Waals surface area contributed by atoms with Crippen LogP contribution in [0.4, 0.5) is 0 Å². The van der Waals surface area contributed by atoms with E-state index in [-0.39, 0.29) is 21.4 Å². The van der Waals surface area contributed by atoms with Crippen molar-refractivity contribution in [3.8, 4) is 5.75 Å². The molecule has 1 aromatic rings. The van der Waals surface area contributed by atoms with Gasteiger partial charge in [-0.25, -0.2) is 0 Å². The Morgan fingerprint density at radius 2 is 1.86 bits per heavy atom. The molecular formula is C14H12ClNO4S. The Morgan fingerprint density at radius 1 is 1.19 bits per heavy atom. The van der Waals surface area contributed by atoms with Crippen molar-refractivity contribution in [2.75, 3.05) is 6.61 Å². The lowest BCUT2D eigenvalue weighted by Gasteiger charge is -2.05. The first-order valence-corrected chi connectivity index (χ1v) is 7.91. The van der Waals surface area contributed by atoms with Crippen LogP contribution in [-0.2, 0) is 14.8 Å². The second kappa shape index (κ2) is 6.24. The largest absolute Gasteiger partial charge is 0.494 e. The molecule has 0 N–H and O–H groups in total. The maximum absolute atomic E-state index is 12.1. The van der Waals surface area contributed by atoms with E-state index in [1.165, 1.54) is 30.4 Å². The second-order valence-electron chi connectivity index (χ2n) is 4.09. The molecule has 1 aromatic carbocycles. The lowest BCUT2D eigenvalue weighted by Crippen LogP contribution is -2.07. The van der Waals surface area contributed by atoms with Crippen LogP contribution in [0.5, 0.6) is 5.75 Å². The lowest BCUT2D eigenvalue weighted by molar-refractivity contribution is -0.110. The summed E-state index contributed by atoms with van der Waals surface area (Å²) in [5.74, 6) is 0.198. The van der Waals surface area contributed by atoms with Gasteiger partial charge in [-0.15, -0.1) is 0 Å². The zero-order valence-corrected chi connectivity index (χ0v) is 12.7. The van der Waals surface area contributed by atoms with Crippen molar-refractivity contribution >= 4 is 33.1 Å². The van der Waals surface area contributed by atoms with Crippen LogP contribution in [-0.4, -0.2) is 26.5 Å². The monoisotopic (exact) mass is 325 g/mol. The Morgan fingerprint density at radius 3 is 2.43 bits per heavy atom. The van der Waals surface area contributed by atoms with Gasteiger partial charge in [-0.2, -0.15) is 12.8 Å². The number of nitrogens with zero attached hydrogens (tertiary/aromatic N) is 1. The van der Waals surface area contributed by atoms with Gasteiger partial charge in [0, 0.05) is 0 Å². The highest BCUT2D eigenvalue weighted by Crippen LogP contribution is 2.19. The minimum absolute atomic E-state index is 0.0354. The Balaban J connectivity index is 2.30. The highest BCUT2D eigenvalue weighted by Gasteiger charge is 2.16. The van der Waals surface area contributed by atoms with E-state index in [0.29, 0.717) is 12.4 Å². The summed E-state index contributed by atoms with van der Waals surface area (Å²) in [5, 5.41) is -0.0712. The minimum atomic E-state index is -3.87. The van der Waals surface area contributed by atoms with Crippen molar-refractivity contribution in [1.29, 1.82) is 0 Å². The molecule has 0 bridgehead atoms. The van der Waals surface area contributed by atoms with Gasteiger partial charge in [-0.1, -0.05) is 11.6 Å². The van der Waals surface area contributed by atoms with E-state index in [1.54, 1.807) is 12.1 Å². The molecule has 21 heavy (non-hydrogen) atoms. The van der Waals surface area contributed by atoms with Gasteiger partial charge in [-0.3, -0.25) is 4.79 Å². The second-order valence-corrected chi connectivity index (χ2v) is 6.10. The molecule has 0 amide bonds. The molecule has 1 aliphatic carbocycles. The van der Waals surface area contributed by atoms with E-state index in [4.69, 9.17) is 16.3 Å². The summed E-state index contributed by atoms with van der Waals surface area (Å²) in [7, 11) is -3.87. The zero-order chi connectivity index (χ0) is 15.5. The topological polar surface area (TPSA) is 72.8 Å². The number of allylic oxidation sites excluding steroid dienone is 4. The maximum Gasteiger partial charge on any atom is 0.282 e. The molecule has 5 nitrogen and oxygen atoms in total. The third kappa shape index (κ3) is 3.80. The number of carbonyl (C=O) groups is 1. The number of carbonyl (C=O) groups excluding carboxylic acids is 1. The fourth-order valence-electron chi connectivity index (χ4n) is 1.61. The smallest absolute Gasteiger partial charge is 0.282 e. The SMILES string of the molecule is CCOc1ccc(S(=O)(=O)N=C2C=CC(=O)C(Cl)=C2)cc1. The molecule has 110 valence electrons. The number of ketones is 1. The van der Waals surface area contributed by atoms with Crippen LogP contribution in [0, 0.1) is 0 Å². The van der Waals surface area contributed by atoms with E-state index in [0.717, 1.165) is 0 Å². The molecule has 0 radical (unpaired) electrons. The van der Waals surface area contributed by atoms with Gasteiger partial charge in [0.05, 0.1) is 22.2 Å². The lowest BCUT2D eigenvalue weighted by atomic mass is 10.2. The van der Waals surface area contributed by atoms with Crippen molar-refractivity contribution in [2.45, 2.75) is 11.8 Å². The molecule has 0 atom stereocenters. The summed E-state index contributed by atoms with van der Waals surface area (Å²) in [5.41, 5.74) is 0.105. The van der Waals surface area contributed by atoms with Crippen LogP contribution in [0.2, 0.25) is 0 Å². The third-order valence-corrected chi connectivity index (χ3v) is 4.19. The predicted molar refractivity (Wildman–Crippen MR) is 80.3 cm³/mol. The van der Waals surface area contributed by atoms with Gasteiger partial charge in [0.25, 0.3) is 10.0 Å². The van der Waals surface area contributed by atoms with E-state index in [9.17, 15) is 13.2 Å². The zero-order valence-electron chi connectivity index (χ0n) is 11.1. The number of sulfonamides is 1. The summed E-state index contributed by atoms with van der Waals surface area (Å²) < 4.78 is 33.2. The average Bonchev–Trinajstić information content (AvgIpc) is 2.44. The summed E-state index contributed by atoms with van der Waals surface area (Å²) in [6.07, 6.45) is 3.70. The number of hydrogen-bond donors (Lipinski definition) is 0. The van der Waals surface area contributed by atoms with Crippen molar-refractivity contribution in [3.63, 3.8) is 0 Å². The number of rotatable bonds is 4. The van der Waals surface area contributed by atoms with E-state index >= 15 is 0 Å². The molecule has 0 fully saturated rings. The van der Waals surface area contributed by atoms with Gasteiger partial charge < -0.3 is 4.74 Å². The Bertz CT molecular complexity index is 746. The first kappa shape index (κ1) is 15.5. The number of hydrogen-bond acceptors (Lipinski definition) is 4. The molecule has 0 spiro atoms. The average molecular weight is 326 g/mol. The molecule has 7 heteroatoms. The first-order chi connectivity index (χ1) is 9.92. The highest BCUT2D eigenvalue weighted by molar-refractivity contribution is 7.90. The van der Waals surface area contributed by atoms with E-state index < -0.39 is 10.0 Å². The highest BCUT2D eigenvalue weighted by atomic mass is 35.5. The molecule has 2 rings (SSSR count). The number of ether oxygens (including phenoxy) is 1. The van der Waals surface area contributed by atoms with E-state index in [2.05, 4.69) is 4.40 Å². The van der Waals surface area contributed by atoms with Crippen LogP contribution in [0.1, 0.15) is 6.92 Å². The molecule has 0 aromatic heterocycles. The van der Waals surface area contributed by atoms with E-state index in [1.807, 2.05) is 6.92 Å². The van der Waals surface area contributed by atoms with Crippen LogP contribution < -0.4 is 4.74 Å². The Hall–Kier alpha value is -1.92. The fraction of sp³-hybridized carbons (Fsp3) is 0.143. The first-order valence-electron chi connectivity index (χ1n) is 6.10. The molecule has 0 heterocycles. The van der Waals surface area contributed by atoms with Crippen molar-refractivity contribution in [3.05, 3.63) is 47.5 Å². The van der Waals surface area contributed by atoms with Gasteiger partial charge >= 0.3 is 0 Å². The molecule has 0 unspecified atom stereocenters. The van der Waals surface area contributed by atoms with Crippen molar-refractivity contribution in [2.24, 2.45) is 4.40 Å². The molecular weight excluding hydrogens is 314 g/mol. The predicted octanol–water partition coefficient (Wildman–Crippen LogP) is 2.48. The number of benzene rings is 1. The quantitative estimate of drug-likeness (QED) is 0.797. The molecule has 1 aliphatic rings. The standard InChI is InChI=1S/C14H12ClNO4S/c1-2-20-11-4-6-12(7-5-11)21(18,19)16-10-3-8-14(17)13(15)9-10/h3-9H,2H2,1H3. The maximum atomic E-state index is 12.1. The number of halogens is 1. The minimum Gasteiger partial charge on any atom is -0.494 e. The molecule has 0 saturated heterocycles. The van der Waals surface area contributed by atoms with Crippen LogP contribution >= 0.6 is 11.6 Å². The Labute approximate surface area is 127 Å². The van der Waals surface area contributed by atoms with Crippen LogP contribution in [0.25, 0.3) is 0 Å². The molecule has 0 saturated carbocycles. The normalized spacial score (nSPS) is 17.0. The van der Waals surface area contributed by atoms with Crippen LogP contribution in [0.15, 0.2) is 56.8 Å². The van der Waals surface area contributed by atoms with Crippen LogP contribution in [0.3, 0.4) is 0 Å². The van der Waals surface area contributed by atoms with Gasteiger partial charge in [0.1, 0.15) is 5.75 Å². The fourth-order valence-corrected chi connectivity index (χ4v) is 2.76. The summed E-state index contributed by atoms with van der Waals surface area (Å²) in [6.45, 7) is 2.33. The molecule has 0 aliphatic heterocycles. The van der Waals surface area contributed by atoms with Gasteiger partial charge in [-0.05, 0) is 49.4 Å². The van der Waals surface area contributed by atoms with Crippen molar-refractivity contribution in [1.82, 2.24) is 0 Å².